The summed E-state index contributed by atoms with van der Waals surface area (Å²) in [6.07, 6.45) is 8.23. The Morgan fingerprint density at radius 1 is 0.900 bits per heavy atom. The van der Waals surface area contributed by atoms with Crippen molar-refractivity contribution in [3.8, 4) is 0 Å². The third-order valence-corrected chi connectivity index (χ3v) is 8.24. The molecular weight excluding hydrogens is 383 g/mol. The van der Waals surface area contributed by atoms with Gasteiger partial charge in [-0.25, -0.2) is 4.39 Å². The van der Waals surface area contributed by atoms with E-state index in [0.717, 1.165) is 0 Å². The van der Waals surface area contributed by atoms with Crippen molar-refractivity contribution in [1.82, 2.24) is 4.90 Å². The van der Waals surface area contributed by atoms with Crippen molar-refractivity contribution in [2.45, 2.75) is 38.1 Å². The van der Waals surface area contributed by atoms with Crippen molar-refractivity contribution in [2.75, 3.05) is 5.32 Å². The first-order valence-corrected chi connectivity index (χ1v) is 11.1. The summed E-state index contributed by atoms with van der Waals surface area (Å²) in [5, 5.41) is 2.85. The lowest BCUT2D eigenvalue weighted by Gasteiger charge is -2.37. The Morgan fingerprint density at radius 2 is 1.47 bits per heavy atom. The van der Waals surface area contributed by atoms with Crippen LogP contribution in [0.4, 0.5) is 10.1 Å². The van der Waals surface area contributed by atoms with Gasteiger partial charge in [0.15, 0.2) is 0 Å². The van der Waals surface area contributed by atoms with E-state index in [9.17, 15) is 18.8 Å². The molecule has 5 aliphatic carbocycles. The molecule has 0 unspecified atom stereocenters. The molecule has 2 bridgehead atoms. The number of carbonyl (C=O) groups is 3. The van der Waals surface area contributed by atoms with Crippen LogP contribution in [0.2, 0.25) is 0 Å². The Bertz CT molecular complexity index is 914. The fourth-order valence-corrected chi connectivity index (χ4v) is 6.71. The molecule has 1 aromatic rings. The lowest BCUT2D eigenvalue weighted by atomic mass is 9.63. The maximum absolute atomic E-state index is 13.2. The second kappa shape index (κ2) is 6.50. The first kappa shape index (κ1) is 18.3. The van der Waals surface area contributed by atoms with E-state index in [-0.39, 0.29) is 59.2 Å². The molecule has 6 heteroatoms. The molecule has 7 rings (SSSR count). The van der Waals surface area contributed by atoms with E-state index < -0.39 is 0 Å². The Balaban J connectivity index is 1.11. The van der Waals surface area contributed by atoms with E-state index in [1.165, 1.54) is 18.6 Å². The van der Waals surface area contributed by atoms with Crippen molar-refractivity contribution >= 4 is 23.4 Å². The standard InChI is InChI=1S/C24H25FN2O3/c25-13-3-5-14(6-4-13)26-22(28)12-1-7-15(8-2-12)27-23(29)20-16-9-10-17(19-11-18(16)19)21(20)24(27)30/h3-6,9-10,12,15-21H,1-2,7-8,11H2,(H,26,28)/t12?,15?,16-,17+,18-,19-,20+,21-/m1/s1. The zero-order valence-electron chi connectivity index (χ0n) is 16.7. The zero-order chi connectivity index (χ0) is 20.6. The van der Waals surface area contributed by atoms with Gasteiger partial charge < -0.3 is 5.32 Å². The highest BCUT2D eigenvalue weighted by atomic mass is 19.1. The number of nitrogens with zero attached hydrogens (tertiary/aromatic N) is 1. The normalized spacial score (nSPS) is 40.9. The van der Waals surface area contributed by atoms with Crippen LogP contribution in [0.25, 0.3) is 0 Å². The van der Waals surface area contributed by atoms with Gasteiger partial charge in [-0.2, -0.15) is 0 Å². The van der Waals surface area contributed by atoms with Gasteiger partial charge in [-0.3, -0.25) is 19.3 Å². The third kappa shape index (κ3) is 2.62. The quantitative estimate of drug-likeness (QED) is 0.616. The lowest BCUT2D eigenvalue weighted by molar-refractivity contribution is -0.144. The van der Waals surface area contributed by atoms with Gasteiger partial charge in [0.25, 0.3) is 0 Å². The fourth-order valence-electron chi connectivity index (χ4n) is 6.71. The summed E-state index contributed by atoms with van der Waals surface area (Å²) in [4.78, 5) is 40.7. The van der Waals surface area contributed by atoms with Gasteiger partial charge in [-0.15, -0.1) is 0 Å². The van der Waals surface area contributed by atoms with Crippen LogP contribution in [-0.2, 0) is 14.4 Å². The van der Waals surface area contributed by atoms with Crippen LogP contribution in [0.15, 0.2) is 36.4 Å². The lowest BCUT2D eigenvalue weighted by Crippen LogP contribution is -2.44. The summed E-state index contributed by atoms with van der Waals surface area (Å²) < 4.78 is 13.0. The Kier molecular flexibility index (Phi) is 3.96. The summed E-state index contributed by atoms with van der Waals surface area (Å²) in [7, 11) is 0. The van der Waals surface area contributed by atoms with Crippen molar-refractivity contribution in [2.24, 2.45) is 41.4 Å². The van der Waals surface area contributed by atoms with E-state index in [4.69, 9.17) is 0 Å². The van der Waals surface area contributed by atoms with Crippen LogP contribution in [0.5, 0.6) is 0 Å². The summed E-state index contributed by atoms with van der Waals surface area (Å²) in [5.41, 5.74) is 0.582. The fraction of sp³-hybridized carbons (Fsp3) is 0.542. The molecule has 1 aromatic carbocycles. The van der Waals surface area contributed by atoms with Crippen molar-refractivity contribution < 1.29 is 18.8 Å². The Morgan fingerprint density at radius 3 is 2.03 bits per heavy atom. The van der Waals surface area contributed by atoms with Crippen LogP contribution in [0.1, 0.15) is 32.1 Å². The monoisotopic (exact) mass is 408 g/mol. The number of benzene rings is 1. The Labute approximate surface area is 174 Å². The van der Waals surface area contributed by atoms with E-state index in [1.807, 2.05) is 0 Å². The second-order valence-corrected chi connectivity index (χ2v) is 9.70. The van der Waals surface area contributed by atoms with Gasteiger partial charge in [-0.05, 0) is 80.0 Å². The highest BCUT2D eigenvalue weighted by molar-refractivity contribution is 6.06. The minimum absolute atomic E-state index is 0.0360. The third-order valence-electron chi connectivity index (χ3n) is 8.24. The average molecular weight is 408 g/mol. The molecule has 3 amide bonds. The number of allylic oxidation sites excluding steroid dienone is 2. The molecule has 0 aromatic heterocycles. The molecule has 5 nitrogen and oxygen atoms in total. The summed E-state index contributed by atoms with van der Waals surface area (Å²) in [6.45, 7) is 0. The number of carbonyl (C=O) groups excluding carboxylic acids is 3. The molecule has 1 heterocycles. The van der Waals surface area contributed by atoms with E-state index in [2.05, 4.69) is 17.5 Å². The molecule has 3 saturated carbocycles. The van der Waals surface area contributed by atoms with E-state index in [0.29, 0.717) is 43.2 Å². The number of amides is 3. The van der Waals surface area contributed by atoms with Crippen LogP contribution < -0.4 is 5.32 Å². The molecule has 30 heavy (non-hydrogen) atoms. The first-order valence-electron chi connectivity index (χ1n) is 11.1. The molecule has 0 radical (unpaired) electrons. The highest BCUT2D eigenvalue weighted by Crippen LogP contribution is 2.65. The average Bonchev–Trinajstić information content (AvgIpc) is 3.53. The van der Waals surface area contributed by atoms with Crippen LogP contribution in [-0.4, -0.2) is 28.7 Å². The number of nitrogens with one attached hydrogen (secondary N) is 1. The smallest absolute Gasteiger partial charge is 0.233 e. The summed E-state index contributed by atoms with van der Waals surface area (Å²) >= 11 is 0. The number of imide groups is 1. The zero-order valence-corrected chi connectivity index (χ0v) is 16.7. The molecule has 6 atom stereocenters. The second-order valence-electron chi connectivity index (χ2n) is 9.70. The van der Waals surface area contributed by atoms with Crippen LogP contribution >= 0.6 is 0 Å². The van der Waals surface area contributed by atoms with Gasteiger partial charge in [-0.1, -0.05) is 12.2 Å². The molecule has 6 aliphatic rings. The molecule has 4 fully saturated rings. The number of anilines is 1. The highest BCUT2D eigenvalue weighted by Gasteiger charge is 2.67. The molecule has 1 saturated heterocycles. The first-order chi connectivity index (χ1) is 14.5. The van der Waals surface area contributed by atoms with Crippen LogP contribution in [0, 0.1) is 47.2 Å². The van der Waals surface area contributed by atoms with E-state index >= 15 is 0 Å². The predicted octanol–water partition coefficient (Wildman–Crippen LogP) is 3.38. The minimum Gasteiger partial charge on any atom is -0.326 e. The van der Waals surface area contributed by atoms with Gasteiger partial charge >= 0.3 is 0 Å². The number of hydrogen-bond donors (Lipinski definition) is 1. The number of likely N-dealkylation sites (tertiary alicyclic amines) is 1. The largest absolute Gasteiger partial charge is 0.326 e. The summed E-state index contributed by atoms with van der Waals surface area (Å²) in [5.74, 6) is 0.965. The number of hydrogen-bond acceptors (Lipinski definition) is 3. The maximum Gasteiger partial charge on any atom is 0.233 e. The van der Waals surface area contributed by atoms with Gasteiger partial charge in [0.2, 0.25) is 17.7 Å². The number of rotatable bonds is 3. The number of halogens is 1. The van der Waals surface area contributed by atoms with Gasteiger partial charge in [0.05, 0.1) is 11.8 Å². The van der Waals surface area contributed by atoms with Crippen LogP contribution in [0.3, 0.4) is 0 Å². The van der Waals surface area contributed by atoms with Gasteiger partial charge in [0.1, 0.15) is 5.82 Å². The van der Waals surface area contributed by atoms with Crippen molar-refractivity contribution in [3.63, 3.8) is 0 Å². The van der Waals surface area contributed by atoms with Gasteiger partial charge in [0, 0.05) is 17.6 Å². The van der Waals surface area contributed by atoms with E-state index in [1.54, 1.807) is 17.0 Å². The van der Waals surface area contributed by atoms with Crippen molar-refractivity contribution in [3.05, 3.63) is 42.2 Å². The Hall–Kier alpha value is -2.50. The molecule has 1 N–H and O–H groups in total. The SMILES string of the molecule is O=C(Nc1ccc(F)cc1)C1CCC(N2C(=O)[C@@H]3[C@H]4C=C[C@H]([C@H]5C[C@H]45)[C@@H]3C2=O)CC1. The molecule has 1 aliphatic heterocycles. The molecular formula is C24H25FN2O3. The predicted molar refractivity (Wildman–Crippen MR) is 107 cm³/mol. The summed E-state index contributed by atoms with van der Waals surface area (Å²) in [6, 6.07) is 5.66. The van der Waals surface area contributed by atoms with Crippen molar-refractivity contribution in [1.29, 1.82) is 0 Å². The topological polar surface area (TPSA) is 66.5 Å². The molecule has 156 valence electrons. The maximum atomic E-state index is 13.2. The molecule has 0 spiro atoms. The minimum atomic E-state index is -0.338.